The fraction of sp³-hybridized carbons (Fsp3) is 0.346. The lowest BCUT2D eigenvalue weighted by Crippen LogP contribution is -2.48. The second-order valence-electron chi connectivity index (χ2n) is 8.18. The van der Waals surface area contributed by atoms with Crippen molar-refractivity contribution in [1.82, 2.24) is 14.7 Å². The van der Waals surface area contributed by atoms with E-state index in [1.54, 1.807) is 20.3 Å². The summed E-state index contributed by atoms with van der Waals surface area (Å²) < 4.78 is 11.9. The first-order chi connectivity index (χ1) is 16.6. The molecule has 0 spiro atoms. The third-order valence-corrected chi connectivity index (χ3v) is 6.06. The Morgan fingerprint density at radius 2 is 1.65 bits per heavy atom. The number of hydrogen-bond donors (Lipinski definition) is 0. The largest absolute Gasteiger partial charge is 0.497 e. The maximum Gasteiger partial charge on any atom is 0.266 e. The van der Waals surface area contributed by atoms with E-state index in [2.05, 4.69) is 10.00 Å². The molecule has 0 unspecified atom stereocenters. The van der Waals surface area contributed by atoms with Gasteiger partial charge in [-0.3, -0.25) is 9.59 Å². The predicted octanol–water partition coefficient (Wildman–Crippen LogP) is 3.06. The van der Waals surface area contributed by atoms with Gasteiger partial charge in [-0.2, -0.15) is 5.10 Å². The van der Waals surface area contributed by atoms with Crippen molar-refractivity contribution in [2.24, 2.45) is 0 Å². The number of nitrogens with zero attached hydrogens (tertiary/aromatic N) is 4. The van der Waals surface area contributed by atoms with Crippen molar-refractivity contribution in [1.29, 1.82) is 0 Å². The Balaban J connectivity index is 1.29. The molecule has 1 aliphatic heterocycles. The lowest BCUT2D eigenvalue weighted by atomic mass is 10.1. The minimum atomic E-state index is -0.174. The first-order valence-electron chi connectivity index (χ1n) is 11.5. The molecule has 8 nitrogen and oxygen atoms in total. The molecule has 0 N–H and O–H groups in total. The first-order valence-corrected chi connectivity index (χ1v) is 11.5. The molecule has 0 aliphatic carbocycles. The van der Waals surface area contributed by atoms with Gasteiger partial charge in [0.25, 0.3) is 5.56 Å². The zero-order valence-electron chi connectivity index (χ0n) is 19.6. The molecule has 1 aliphatic rings. The van der Waals surface area contributed by atoms with Gasteiger partial charge < -0.3 is 19.3 Å². The summed E-state index contributed by atoms with van der Waals surface area (Å²) in [6, 6.07) is 18.8. The van der Waals surface area contributed by atoms with Crippen LogP contribution in [0.1, 0.15) is 12.8 Å². The molecule has 4 rings (SSSR count). The van der Waals surface area contributed by atoms with E-state index in [-0.39, 0.29) is 11.5 Å². The van der Waals surface area contributed by atoms with E-state index in [1.165, 1.54) is 10.7 Å². The Hall–Kier alpha value is -3.81. The van der Waals surface area contributed by atoms with Gasteiger partial charge in [-0.25, -0.2) is 4.68 Å². The van der Waals surface area contributed by atoms with Crippen LogP contribution >= 0.6 is 0 Å². The molecular weight excluding hydrogens is 432 g/mol. The van der Waals surface area contributed by atoms with Crippen LogP contribution in [0, 0.1) is 0 Å². The number of rotatable bonds is 8. The number of methoxy groups -OCH3 is 2. The fourth-order valence-corrected chi connectivity index (χ4v) is 4.09. The van der Waals surface area contributed by atoms with Crippen LogP contribution in [0.15, 0.2) is 65.5 Å². The quantitative estimate of drug-likeness (QED) is 0.512. The summed E-state index contributed by atoms with van der Waals surface area (Å²) in [5.41, 5.74) is 2.53. The summed E-state index contributed by atoms with van der Waals surface area (Å²) in [5.74, 6) is 1.68. The number of carbonyl (C=O) groups excluding carboxylic acids is 1. The topological polar surface area (TPSA) is 76.9 Å². The molecule has 1 amide bonds. The number of amides is 1. The van der Waals surface area contributed by atoms with Crippen molar-refractivity contribution in [2.75, 3.05) is 45.3 Å². The lowest BCUT2D eigenvalue weighted by Gasteiger charge is -2.36. The van der Waals surface area contributed by atoms with Crippen molar-refractivity contribution in [3.63, 3.8) is 0 Å². The number of hydrogen-bond acceptors (Lipinski definition) is 6. The zero-order chi connectivity index (χ0) is 23.9. The van der Waals surface area contributed by atoms with Crippen molar-refractivity contribution < 1.29 is 14.3 Å². The molecule has 1 aromatic heterocycles. The number of aryl methyl sites for hydroxylation is 1. The average Bonchev–Trinajstić information content (AvgIpc) is 2.90. The number of ether oxygens (including phenoxy) is 2. The van der Waals surface area contributed by atoms with Crippen molar-refractivity contribution in [3.8, 4) is 22.8 Å². The second-order valence-corrected chi connectivity index (χ2v) is 8.18. The average molecular weight is 463 g/mol. The van der Waals surface area contributed by atoms with Gasteiger partial charge in [0.05, 0.1) is 19.9 Å². The van der Waals surface area contributed by atoms with Crippen LogP contribution in [0.3, 0.4) is 0 Å². The third-order valence-electron chi connectivity index (χ3n) is 6.06. The molecule has 8 heteroatoms. The molecule has 0 atom stereocenters. The van der Waals surface area contributed by atoms with Crippen LogP contribution < -0.4 is 19.9 Å². The van der Waals surface area contributed by atoms with Crippen LogP contribution in [-0.2, 0) is 11.3 Å². The molecule has 1 saturated heterocycles. The molecule has 2 heterocycles. The van der Waals surface area contributed by atoms with E-state index in [4.69, 9.17) is 9.47 Å². The van der Waals surface area contributed by atoms with Gasteiger partial charge in [0, 0.05) is 56.5 Å². The number of anilines is 1. The normalized spacial score (nSPS) is 13.6. The Labute approximate surface area is 199 Å². The van der Waals surface area contributed by atoms with Gasteiger partial charge in [0.2, 0.25) is 5.91 Å². The molecule has 0 bridgehead atoms. The molecule has 3 aromatic rings. The van der Waals surface area contributed by atoms with E-state index < -0.39 is 0 Å². The van der Waals surface area contributed by atoms with E-state index in [1.807, 2.05) is 53.4 Å². The molecular formula is C26H30N4O4. The summed E-state index contributed by atoms with van der Waals surface area (Å²) in [6.45, 7) is 3.36. The van der Waals surface area contributed by atoms with Crippen molar-refractivity contribution in [2.45, 2.75) is 19.4 Å². The minimum absolute atomic E-state index is 0.117. The predicted molar refractivity (Wildman–Crippen MR) is 132 cm³/mol. The Morgan fingerprint density at radius 1 is 0.912 bits per heavy atom. The fourth-order valence-electron chi connectivity index (χ4n) is 4.09. The van der Waals surface area contributed by atoms with Gasteiger partial charge in [-0.1, -0.05) is 12.1 Å². The number of aromatic nitrogens is 2. The minimum Gasteiger partial charge on any atom is -0.497 e. The Bertz CT molecular complexity index is 1170. The van der Waals surface area contributed by atoms with Gasteiger partial charge in [0.15, 0.2) is 0 Å². The summed E-state index contributed by atoms with van der Waals surface area (Å²) in [5, 5.41) is 4.49. The summed E-state index contributed by atoms with van der Waals surface area (Å²) in [6.07, 6.45) is 0.950. The van der Waals surface area contributed by atoms with Gasteiger partial charge in [0.1, 0.15) is 11.5 Å². The highest BCUT2D eigenvalue weighted by Crippen LogP contribution is 2.22. The molecule has 1 fully saturated rings. The zero-order valence-corrected chi connectivity index (χ0v) is 19.6. The summed E-state index contributed by atoms with van der Waals surface area (Å²) in [7, 11) is 3.27. The van der Waals surface area contributed by atoms with Crippen LogP contribution in [0.2, 0.25) is 0 Å². The Kier molecular flexibility index (Phi) is 7.47. The summed E-state index contributed by atoms with van der Waals surface area (Å²) >= 11 is 0. The first kappa shape index (κ1) is 23.4. The maximum absolute atomic E-state index is 12.7. The van der Waals surface area contributed by atoms with Crippen LogP contribution in [0.5, 0.6) is 11.5 Å². The standard InChI is InChI=1S/C26H30N4O4/c1-33-22-10-8-21(9-11-22)28-15-17-29(18-16-28)25(31)7-4-14-30-26(32)13-12-24(27-30)20-5-3-6-23(19-20)34-2/h3,5-6,8-13,19H,4,7,14-18H2,1-2H3. The van der Waals surface area contributed by atoms with Gasteiger partial charge >= 0.3 is 0 Å². The molecule has 34 heavy (non-hydrogen) atoms. The van der Waals surface area contributed by atoms with E-state index in [0.717, 1.165) is 35.8 Å². The number of piperazine rings is 1. The van der Waals surface area contributed by atoms with E-state index >= 15 is 0 Å². The van der Waals surface area contributed by atoms with Crippen LogP contribution in [0.25, 0.3) is 11.3 Å². The lowest BCUT2D eigenvalue weighted by molar-refractivity contribution is -0.131. The van der Waals surface area contributed by atoms with Gasteiger partial charge in [-0.15, -0.1) is 0 Å². The molecule has 0 radical (unpaired) electrons. The SMILES string of the molecule is COc1ccc(N2CCN(C(=O)CCCn3nc(-c4cccc(OC)c4)ccc3=O)CC2)cc1. The number of carbonyl (C=O) groups is 1. The molecule has 178 valence electrons. The highest BCUT2D eigenvalue weighted by Gasteiger charge is 2.21. The number of benzene rings is 2. The van der Waals surface area contributed by atoms with Gasteiger partial charge in [-0.05, 0) is 48.9 Å². The maximum atomic E-state index is 12.7. The molecule has 2 aromatic carbocycles. The van der Waals surface area contributed by atoms with Crippen LogP contribution in [-0.4, -0.2) is 61.0 Å². The van der Waals surface area contributed by atoms with Crippen molar-refractivity contribution in [3.05, 3.63) is 71.0 Å². The molecule has 0 saturated carbocycles. The smallest absolute Gasteiger partial charge is 0.266 e. The van der Waals surface area contributed by atoms with E-state index in [0.29, 0.717) is 38.2 Å². The monoisotopic (exact) mass is 462 g/mol. The second kappa shape index (κ2) is 10.9. The highest BCUT2D eigenvalue weighted by atomic mass is 16.5. The Morgan fingerprint density at radius 3 is 2.35 bits per heavy atom. The highest BCUT2D eigenvalue weighted by molar-refractivity contribution is 5.76. The van der Waals surface area contributed by atoms with E-state index in [9.17, 15) is 9.59 Å². The third kappa shape index (κ3) is 5.57. The van der Waals surface area contributed by atoms with Crippen LogP contribution in [0.4, 0.5) is 5.69 Å². The summed E-state index contributed by atoms with van der Waals surface area (Å²) in [4.78, 5) is 29.2. The van der Waals surface area contributed by atoms with Crippen molar-refractivity contribution >= 4 is 11.6 Å².